The molecule has 3 saturated heterocycles. The molecule has 1 aromatic rings. The highest BCUT2D eigenvalue weighted by Crippen LogP contribution is 2.42. The molecule has 0 saturated carbocycles. The molecule has 3 aliphatic heterocycles. The highest BCUT2D eigenvalue weighted by molar-refractivity contribution is 5.94. The number of ether oxygens (including phenoxy) is 5. The number of anilines is 1. The Balaban J connectivity index is 1.18. The number of esters is 1. The fourth-order valence-electron chi connectivity index (χ4n) is 7.09. The van der Waals surface area contributed by atoms with Crippen molar-refractivity contribution in [3.05, 3.63) is 65.8 Å². The maximum atomic E-state index is 12.8. The third-order valence-corrected chi connectivity index (χ3v) is 10.4. The molecule has 0 radical (unpaired) electrons. The molecule has 0 aliphatic carbocycles. The van der Waals surface area contributed by atoms with E-state index in [1.807, 2.05) is 13.8 Å². The lowest BCUT2D eigenvalue weighted by molar-refractivity contribution is -0.143. The molecule has 3 aliphatic rings. The number of hydrogen-bond donors (Lipinski definition) is 6. The Hall–Kier alpha value is -4.12. The second-order valence-corrected chi connectivity index (χ2v) is 15.5. The molecule has 316 valence electrons. The van der Waals surface area contributed by atoms with Crippen molar-refractivity contribution in [3.63, 3.8) is 0 Å². The van der Waals surface area contributed by atoms with Crippen LogP contribution in [0.5, 0.6) is 0 Å². The minimum Gasteiger partial charge on any atom is -0.459 e. The number of hydrogen-bond acceptors (Lipinski definition) is 12. The van der Waals surface area contributed by atoms with E-state index in [-0.39, 0.29) is 73.0 Å². The highest BCUT2D eigenvalue weighted by Gasteiger charge is 2.51. The highest BCUT2D eigenvalue weighted by atomic mass is 16.6. The first-order chi connectivity index (χ1) is 27.3. The standard InChI is InChI=1S/C42H64N6O9/c1-27(9-16-38-28(2)21-37(30(4)56-38)48-39(50)17-10-29(3)55-31(5)49)8-15-34-22-42(26-54-42)23-35(57-34)24-46-41(52)53-25-32-11-13-33(14-12-32)47-40(51)36(7-6-18-43)45-20-19-44/h8-15,17,28-30,34-38,45H,6-7,16,18-26,43-44H2,1-5H3,(H,46,52)(H,47,51)(H,48,50). The van der Waals surface area contributed by atoms with Crippen LogP contribution >= 0.6 is 0 Å². The minimum atomic E-state index is -0.545. The van der Waals surface area contributed by atoms with Crippen LogP contribution < -0.4 is 32.7 Å². The van der Waals surface area contributed by atoms with Crippen molar-refractivity contribution in [3.8, 4) is 0 Å². The number of carbonyl (C=O) groups excluding carboxylic acids is 4. The zero-order chi connectivity index (χ0) is 41.4. The van der Waals surface area contributed by atoms with Crippen LogP contribution in [0.4, 0.5) is 10.5 Å². The smallest absolute Gasteiger partial charge is 0.407 e. The predicted molar refractivity (Wildman–Crippen MR) is 217 cm³/mol. The van der Waals surface area contributed by atoms with Crippen molar-refractivity contribution in [2.45, 2.75) is 128 Å². The summed E-state index contributed by atoms with van der Waals surface area (Å²) >= 11 is 0. The Bertz CT molecular complexity index is 1550. The van der Waals surface area contributed by atoms with Gasteiger partial charge in [0.05, 0.1) is 48.7 Å². The van der Waals surface area contributed by atoms with Crippen molar-refractivity contribution < 1.29 is 42.9 Å². The van der Waals surface area contributed by atoms with Crippen LogP contribution in [0.3, 0.4) is 0 Å². The van der Waals surface area contributed by atoms with Gasteiger partial charge in [0.1, 0.15) is 12.7 Å². The Morgan fingerprint density at radius 1 is 1.04 bits per heavy atom. The summed E-state index contributed by atoms with van der Waals surface area (Å²) in [5.41, 5.74) is 13.5. The molecule has 0 bridgehead atoms. The van der Waals surface area contributed by atoms with Gasteiger partial charge in [0, 0.05) is 51.2 Å². The number of benzene rings is 1. The third-order valence-electron chi connectivity index (χ3n) is 10.4. The third kappa shape index (κ3) is 16.0. The van der Waals surface area contributed by atoms with Gasteiger partial charge in [0.2, 0.25) is 11.8 Å². The van der Waals surface area contributed by atoms with Gasteiger partial charge in [-0.15, -0.1) is 0 Å². The summed E-state index contributed by atoms with van der Waals surface area (Å²) in [6.07, 6.45) is 12.0. The molecular weight excluding hydrogens is 732 g/mol. The monoisotopic (exact) mass is 796 g/mol. The van der Waals surface area contributed by atoms with Crippen LogP contribution in [0, 0.1) is 5.92 Å². The second kappa shape index (κ2) is 22.7. The zero-order valence-corrected chi connectivity index (χ0v) is 34.1. The first-order valence-corrected chi connectivity index (χ1v) is 20.2. The van der Waals surface area contributed by atoms with Gasteiger partial charge in [-0.2, -0.15) is 0 Å². The van der Waals surface area contributed by atoms with Crippen molar-refractivity contribution in [2.24, 2.45) is 17.4 Å². The molecule has 9 atom stereocenters. The Kier molecular flexibility index (Phi) is 18.2. The van der Waals surface area contributed by atoms with Crippen molar-refractivity contribution >= 4 is 29.6 Å². The average molecular weight is 797 g/mol. The van der Waals surface area contributed by atoms with Crippen LogP contribution in [0.25, 0.3) is 0 Å². The van der Waals surface area contributed by atoms with Gasteiger partial charge in [-0.05, 0) is 82.7 Å². The summed E-state index contributed by atoms with van der Waals surface area (Å²) in [6.45, 7) is 11.7. The summed E-state index contributed by atoms with van der Waals surface area (Å²) < 4.78 is 29.0. The molecular formula is C42H64N6O9. The van der Waals surface area contributed by atoms with E-state index in [1.165, 1.54) is 13.0 Å². The minimum absolute atomic E-state index is 0.0153. The molecule has 3 fully saturated rings. The normalized spacial score (nSPS) is 27.2. The van der Waals surface area contributed by atoms with Gasteiger partial charge >= 0.3 is 12.1 Å². The number of carbonyl (C=O) groups is 4. The van der Waals surface area contributed by atoms with E-state index in [1.54, 1.807) is 37.3 Å². The molecule has 15 nitrogen and oxygen atoms in total. The molecule has 1 aromatic carbocycles. The molecule has 57 heavy (non-hydrogen) atoms. The maximum Gasteiger partial charge on any atom is 0.407 e. The number of epoxide rings is 1. The van der Waals surface area contributed by atoms with Crippen molar-refractivity contribution in [2.75, 3.05) is 38.1 Å². The van der Waals surface area contributed by atoms with Gasteiger partial charge in [0.25, 0.3) is 0 Å². The van der Waals surface area contributed by atoms with Crippen LogP contribution in [0.2, 0.25) is 0 Å². The summed E-state index contributed by atoms with van der Waals surface area (Å²) in [4.78, 5) is 48.9. The van der Waals surface area contributed by atoms with Crippen LogP contribution in [0.15, 0.2) is 60.2 Å². The molecule has 4 rings (SSSR count). The van der Waals surface area contributed by atoms with E-state index in [4.69, 9.17) is 35.2 Å². The Morgan fingerprint density at radius 3 is 2.47 bits per heavy atom. The second-order valence-electron chi connectivity index (χ2n) is 15.5. The van der Waals surface area contributed by atoms with E-state index in [0.717, 1.165) is 36.8 Å². The lowest BCUT2D eigenvalue weighted by Gasteiger charge is -2.39. The number of nitrogens with two attached hydrogens (primary N) is 2. The van der Waals surface area contributed by atoms with Crippen LogP contribution in [-0.4, -0.2) is 105 Å². The molecule has 8 N–H and O–H groups in total. The first-order valence-electron chi connectivity index (χ1n) is 20.2. The van der Waals surface area contributed by atoms with E-state index in [2.05, 4.69) is 46.4 Å². The number of alkyl carbamates (subject to hydrolysis) is 1. The number of allylic oxidation sites excluding steroid dienone is 2. The quantitative estimate of drug-likeness (QED) is 0.0484. The largest absolute Gasteiger partial charge is 0.459 e. The van der Waals surface area contributed by atoms with Crippen LogP contribution in [0.1, 0.15) is 78.7 Å². The Labute approximate surface area is 337 Å². The van der Waals surface area contributed by atoms with Gasteiger partial charge in [-0.3, -0.25) is 14.4 Å². The fraction of sp³-hybridized carbons (Fsp3) is 0.619. The van der Waals surface area contributed by atoms with Gasteiger partial charge < -0.3 is 56.4 Å². The van der Waals surface area contributed by atoms with Crippen molar-refractivity contribution in [1.82, 2.24) is 16.0 Å². The molecule has 3 amide bonds. The van der Waals surface area contributed by atoms with Gasteiger partial charge in [-0.25, -0.2) is 4.79 Å². The SMILES string of the molecule is CC(=O)OC(C)C=CC(=O)NC1CC(C)C(CC=C(C)C=CC2CC3(CO3)CC(CNC(=O)OCc3ccc(NC(=O)C(CCCN)NCCN)cc3)O2)OC1C. The lowest BCUT2D eigenvalue weighted by atomic mass is 9.88. The topological polar surface area (TPSA) is 218 Å². The number of rotatable bonds is 20. The number of amides is 3. The zero-order valence-electron chi connectivity index (χ0n) is 34.1. The molecule has 15 heteroatoms. The van der Waals surface area contributed by atoms with Crippen LogP contribution in [-0.2, 0) is 44.7 Å². The van der Waals surface area contributed by atoms with Gasteiger partial charge in [0.15, 0.2) is 0 Å². The Morgan fingerprint density at radius 2 is 1.79 bits per heavy atom. The van der Waals surface area contributed by atoms with E-state index in [0.29, 0.717) is 44.8 Å². The van der Waals surface area contributed by atoms with Gasteiger partial charge in [-0.1, -0.05) is 42.9 Å². The summed E-state index contributed by atoms with van der Waals surface area (Å²) in [6, 6.07) is 6.64. The van der Waals surface area contributed by atoms with E-state index in [9.17, 15) is 19.2 Å². The first kappa shape index (κ1) is 45.6. The fourth-order valence-corrected chi connectivity index (χ4v) is 7.09. The summed E-state index contributed by atoms with van der Waals surface area (Å²) in [5, 5.41) is 11.9. The van der Waals surface area contributed by atoms with E-state index >= 15 is 0 Å². The molecule has 1 spiro atoms. The predicted octanol–water partition coefficient (Wildman–Crippen LogP) is 3.52. The maximum absolute atomic E-state index is 12.8. The summed E-state index contributed by atoms with van der Waals surface area (Å²) in [5.74, 6) is -0.563. The number of nitrogens with one attached hydrogen (secondary N) is 4. The molecule has 9 unspecified atom stereocenters. The molecule has 0 aromatic heterocycles. The molecule has 3 heterocycles. The summed E-state index contributed by atoms with van der Waals surface area (Å²) in [7, 11) is 0. The van der Waals surface area contributed by atoms with E-state index < -0.39 is 18.2 Å². The van der Waals surface area contributed by atoms with Crippen molar-refractivity contribution in [1.29, 1.82) is 0 Å². The lowest BCUT2D eigenvalue weighted by Crippen LogP contribution is -2.50. The average Bonchev–Trinajstić information content (AvgIpc) is 3.92.